The molecule has 0 rings (SSSR count). The van der Waals surface area contributed by atoms with Crippen LogP contribution in [0.2, 0.25) is 0 Å². The standard InChI is InChI=1S/C13H26N2O4/c1-9(2)6-10(14)12(18)13(19,7-11(16)17)8-15(3,4)5/h9-10,19H,6-8,14H2,1-5H3/t10-,13+/m0/s1. The van der Waals surface area contributed by atoms with Crippen molar-refractivity contribution in [2.24, 2.45) is 11.7 Å². The predicted octanol–water partition coefficient (Wildman–Crippen LogP) is -1.49. The number of Topliss-reactive ketones (excluding diaryl/α,β-unsaturated/α-hetero) is 1. The molecule has 0 aromatic rings. The van der Waals surface area contributed by atoms with E-state index in [2.05, 4.69) is 0 Å². The number of hydrogen-bond donors (Lipinski definition) is 2. The summed E-state index contributed by atoms with van der Waals surface area (Å²) < 4.78 is 0.254. The normalized spacial score (nSPS) is 17.1. The van der Waals surface area contributed by atoms with Crippen LogP contribution in [-0.2, 0) is 9.59 Å². The van der Waals surface area contributed by atoms with Gasteiger partial charge in [0.15, 0.2) is 11.4 Å². The lowest BCUT2D eigenvalue weighted by molar-refractivity contribution is -0.875. The summed E-state index contributed by atoms with van der Waals surface area (Å²) in [4.78, 5) is 23.0. The largest absolute Gasteiger partial charge is 0.550 e. The van der Waals surface area contributed by atoms with E-state index in [-0.39, 0.29) is 16.9 Å². The number of carboxylic acids is 1. The Morgan fingerprint density at radius 1 is 1.32 bits per heavy atom. The van der Waals surface area contributed by atoms with Crippen molar-refractivity contribution < 1.29 is 24.3 Å². The third-order valence-electron chi connectivity index (χ3n) is 2.69. The van der Waals surface area contributed by atoms with E-state index in [0.717, 1.165) is 0 Å². The minimum Gasteiger partial charge on any atom is -0.550 e. The van der Waals surface area contributed by atoms with Crippen molar-refractivity contribution in [1.29, 1.82) is 0 Å². The Morgan fingerprint density at radius 3 is 2.11 bits per heavy atom. The van der Waals surface area contributed by atoms with Gasteiger partial charge in [0.25, 0.3) is 0 Å². The number of likely N-dealkylation sites (N-methyl/N-ethyl adjacent to an activating group) is 1. The van der Waals surface area contributed by atoms with Crippen LogP contribution in [0.15, 0.2) is 0 Å². The van der Waals surface area contributed by atoms with Gasteiger partial charge < -0.3 is 25.2 Å². The smallest absolute Gasteiger partial charge is 0.187 e. The highest BCUT2D eigenvalue weighted by Gasteiger charge is 2.43. The van der Waals surface area contributed by atoms with Crippen LogP contribution in [0.1, 0.15) is 26.7 Å². The molecule has 0 fully saturated rings. The minimum absolute atomic E-state index is 0.0222. The maximum atomic E-state index is 12.2. The number of aliphatic carboxylic acids is 1. The van der Waals surface area contributed by atoms with Gasteiger partial charge in [-0.25, -0.2) is 0 Å². The van der Waals surface area contributed by atoms with Gasteiger partial charge in [-0.05, 0) is 12.3 Å². The lowest BCUT2D eigenvalue weighted by Gasteiger charge is -2.36. The van der Waals surface area contributed by atoms with E-state index in [4.69, 9.17) is 5.73 Å². The molecule has 0 radical (unpaired) electrons. The molecule has 0 bridgehead atoms. The maximum absolute atomic E-state index is 12.2. The number of nitrogens with two attached hydrogens (primary N) is 1. The summed E-state index contributed by atoms with van der Waals surface area (Å²) in [5, 5.41) is 21.2. The van der Waals surface area contributed by atoms with Crippen LogP contribution in [0.4, 0.5) is 0 Å². The summed E-state index contributed by atoms with van der Waals surface area (Å²) in [6, 6.07) is -0.865. The first-order valence-electron chi connectivity index (χ1n) is 6.40. The number of carboxylic acid groups (broad SMARTS) is 1. The van der Waals surface area contributed by atoms with Gasteiger partial charge in [0.2, 0.25) is 0 Å². The molecule has 0 aromatic heterocycles. The van der Waals surface area contributed by atoms with Crippen molar-refractivity contribution in [3.05, 3.63) is 0 Å². The van der Waals surface area contributed by atoms with Crippen molar-refractivity contribution in [3.63, 3.8) is 0 Å². The first kappa shape index (κ1) is 18.0. The van der Waals surface area contributed by atoms with Gasteiger partial charge in [-0.1, -0.05) is 13.8 Å². The molecule has 2 atom stereocenters. The summed E-state index contributed by atoms with van der Waals surface area (Å²) in [6.45, 7) is 3.79. The molecule has 0 saturated heterocycles. The highest BCUT2D eigenvalue weighted by Crippen LogP contribution is 2.19. The molecule has 19 heavy (non-hydrogen) atoms. The third-order valence-corrected chi connectivity index (χ3v) is 2.69. The fourth-order valence-electron chi connectivity index (χ4n) is 2.20. The maximum Gasteiger partial charge on any atom is 0.187 e. The first-order valence-corrected chi connectivity index (χ1v) is 6.40. The zero-order valence-electron chi connectivity index (χ0n) is 12.5. The average Bonchev–Trinajstić information content (AvgIpc) is 2.10. The molecule has 0 aliphatic heterocycles. The molecule has 0 aliphatic carbocycles. The zero-order valence-corrected chi connectivity index (χ0v) is 12.5. The Morgan fingerprint density at radius 2 is 1.79 bits per heavy atom. The molecular formula is C13H26N2O4. The summed E-state index contributed by atoms with van der Waals surface area (Å²) >= 11 is 0. The van der Waals surface area contributed by atoms with Crippen molar-refractivity contribution in [1.82, 2.24) is 0 Å². The Bertz CT molecular complexity index is 336. The molecule has 0 heterocycles. The second kappa shape index (κ2) is 6.45. The highest BCUT2D eigenvalue weighted by molar-refractivity contribution is 5.94. The number of carbonyl (C=O) groups excluding carboxylic acids is 2. The van der Waals surface area contributed by atoms with E-state index >= 15 is 0 Å². The predicted molar refractivity (Wildman–Crippen MR) is 69.9 cm³/mol. The van der Waals surface area contributed by atoms with E-state index < -0.39 is 29.8 Å². The van der Waals surface area contributed by atoms with Crippen LogP contribution in [-0.4, -0.2) is 60.7 Å². The molecule has 3 N–H and O–H groups in total. The molecule has 0 aromatic carbocycles. The molecule has 0 aliphatic rings. The monoisotopic (exact) mass is 274 g/mol. The number of ketones is 1. The second-order valence-electron chi connectivity index (χ2n) is 6.63. The van der Waals surface area contributed by atoms with Crippen LogP contribution >= 0.6 is 0 Å². The Balaban J connectivity index is 5.12. The summed E-state index contributed by atoms with van der Waals surface area (Å²) in [5.74, 6) is -1.89. The number of nitrogens with zero attached hydrogens (tertiary/aromatic N) is 1. The van der Waals surface area contributed by atoms with Crippen LogP contribution < -0.4 is 10.8 Å². The number of quaternary nitrogens is 1. The number of rotatable bonds is 8. The third kappa shape index (κ3) is 6.66. The lowest BCUT2D eigenvalue weighted by atomic mass is 9.86. The van der Waals surface area contributed by atoms with Gasteiger partial charge in [-0.3, -0.25) is 4.79 Å². The van der Waals surface area contributed by atoms with Crippen molar-refractivity contribution in [2.75, 3.05) is 27.7 Å². The molecule has 112 valence electrons. The minimum atomic E-state index is -1.98. The second-order valence-corrected chi connectivity index (χ2v) is 6.63. The summed E-state index contributed by atoms with van der Waals surface area (Å²) in [6.07, 6.45) is -0.321. The molecular weight excluding hydrogens is 248 g/mol. The SMILES string of the molecule is CC(C)C[C@H](N)C(=O)[C@@](O)(CC(=O)[O-])C[N+](C)(C)C. The summed E-state index contributed by atoms with van der Waals surface area (Å²) in [7, 11) is 5.30. The van der Waals surface area contributed by atoms with Gasteiger partial charge in [0.05, 0.1) is 27.2 Å². The molecule has 0 unspecified atom stereocenters. The quantitative estimate of drug-likeness (QED) is 0.525. The van der Waals surface area contributed by atoms with E-state index in [1.807, 2.05) is 13.8 Å². The highest BCUT2D eigenvalue weighted by atomic mass is 16.4. The van der Waals surface area contributed by atoms with E-state index in [9.17, 15) is 19.8 Å². The van der Waals surface area contributed by atoms with E-state index in [1.165, 1.54) is 0 Å². The van der Waals surface area contributed by atoms with Crippen molar-refractivity contribution in [2.45, 2.75) is 38.3 Å². The Hall–Kier alpha value is -0.980. The van der Waals surface area contributed by atoms with Crippen molar-refractivity contribution >= 4 is 11.8 Å². The lowest BCUT2D eigenvalue weighted by Crippen LogP contribution is -2.60. The van der Waals surface area contributed by atoms with E-state index in [1.54, 1.807) is 21.1 Å². The number of aliphatic hydroxyl groups is 1. The topological polar surface area (TPSA) is 103 Å². The van der Waals surface area contributed by atoms with Crippen LogP contribution in [0.3, 0.4) is 0 Å². The van der Waals surface area contributed by atoms with Crippen LogP contribution in [0.5, 0.6) is 0 Å². The molecule has 0 saturated carbocycles. The molecule has 0 amide bonds. The molecule has 0 spiro atoms. The van der Waals surface area contributed by atoms with Gasteiger partial charge in [-0.2, -0.15) is 0 Å². The average molecular weight is 274 g/mol. The first-order chi connectivity index (χ1) is 8.37. The fraction of sp³-hybridized carbons (Fsp3) is 0.846. The van der Waals surface area contributed by atoms with Crippen LogP contribution in [0.25, 0.3) is 0 Å². The molecule has 6 heteroatoms. The number of hydrogen-bond acceptors (Lipinski definition) is 5. The molecule has 6 nitrogen and oxygen atoms in total. The Kier molecular flexibility index (Phi) is 6.12. The van der Waals surface area contributed by atoms with E-state index in [0.29, 0.717) is 6.42 Å². The van der Waals surface area contributed by atoms with Gasteiger partial charge in [-0.15, -0.1) is 0 Å². The zero-order chi connectivity index (χ0) is 15.4. The fourth-order valence-corrected chi connectivity index (χ4v) is 2.20. The number of carbonyl (C=O) groups is 2. The van der Waals surface area contributed by atoms with Gasteiger partial charge in [0, 0.05) is 12.4 Å². The Labute approximate surface area is 114 Å². The van der Waals surface area contributed by atoms with Crippen LogP contribution in [0, 0.1) is 5.92 Å². The van der Waals surface area contributed by atoms with Crippen molar-refractivity contribution in [3.8, 4) is 0 Å². The summed E-state index contributed by atoms with van der Waals surface area (Å²) in [5.41, 5.74) is 3.79. The van der Waals surface area contributed by atoms with Gasteiger partial charge >= 0.3 is 0 Å². The van der Waals surface area contributed by atoms with Gasteiger partial charge in [0.1, 0.15) is 6.54 Å².